The van der Waals surface area contributed by atoms with Gasteiger partial charge < -0.3 is 0 Å². The summed E-state index contributed by atoms with van der Waals surface area (Å²) < 4.78 is 0. The molecule has 1 aromatic rings. The minimum Gasteiger partial charge on any atom is -0.198 e. The molecule has 60 valence electrons. The predicted molar refractivity (Wildman–Crippen MR) is 49.6 cm³/mol. The molecule has 1 heteroatoms. The molecule has 0 radical (unpaired) electrons. The van der Waals surface area contributed by atoms with Crippen molar-refractivity contribution in [2.75, 3.05) is 0 Å². The minimum atomic E-state index is -0.0382. The average molecular weight is 157 g/mol. The molecule has 1 aromatic carbocycles. The Morgan fingerprint density at radius 1 is 1.42 bits per heavy atom. The van der Waals surface area contributed by atoms with Gasteiger partial charge in [-0.05, 0) is 12.0 Å². The van der Waals surface area contributed by atoms with Crippen molar-refractivity contribution in [3.63, 3.8) is 0 Å². The monoisotopic (exact) mass is 157 g/mol. The first-order valence-electron chi connectivity index (χ1n) is 3.94. The van der Waals surface area contributed by atoms with Crippen molar-refractivity contribution in [2.24, 2.45) is 0 Å². The number of nitrogens with zero attached hydrogens (tertiary/aromatic N) is 1. The second-order valence-corrected chi connectivity index (χ2v) is 2.62. The van der Waals surface area contributed by atoms with E-state index < -0.39 is 0 Å². The van der Waals surface area contributed by atoms with E-state index in [2.05, 4.69) is 12.6 Å². The van der Waals surface area contributed by atoms with Gasteiger partial charge >= 0.3 is 0 Å². The predicted octanol–water partition coefficient (Wildman–Crippen LogP) is 2.87. The van der Waals surface area contributed by atoms with Crippen LogP contribution < -0.4 is 0 Å². The van der Waals surface area contributed by atoms with Crippen molar-refractivity contribution in [1.82, 2.24) is 0 Å². The molecule has 1 atom stereocenters. The van der Waals surface area contributed by atoms with Crippen LogP contribution >= 0.6 is 0 Å². The molecular weight excluding hydrogens is 146 g/mol. The van der Waals surface area contributed by atoms with Crippen LogP contribution in [0.1, 0.15) is 17.9 Å². The molecule has 1 nitrogen and oxygen atoms in total. The van der Waals surface area contributed by atoms with Crippen LogP contribution in [0.15, 0.2) is 43.0 Å². The molecule has 0 N–H and O–H groups in total. The summed E-state index contributed by atoms with van der Waals surface area (Å²) >= 11 is 0. The van der Waals surface area contributed by atoms with E-state index in [1.165, 1.54) is 0 Å². The number of nitriles is 1. The van der Waals surface area contributed by atoms with Crippen molar-refractivity contribution in [1.29, 1.82) is 5.26 Å². The highest BCUT2D eigenvalue weighted by atomic mass is 14.3. The molecule has 0 aliphatic carbocycles. The van der Waals surface area contributed by atoms with Crippen LogP contribution in [0.4, 0.5) is 0 Å². The van der Waals surface area contributed by atoms with E-state index in [9.17, 15) is 0 Å². The highest BCUT2D eigenvalue weighted by Crippen LogP contribution is 2.17. The Labute approximate surface area is 73.0 Å². The summed E-state index contributed by atoms with van der Waals surface area (Å²) in [6.07, 6.45) is 2.50. The quantitative estimate of drug-likeness (QED) is 0.619. The molecule has 0 saturated carbocycles. The number of hydrogen-bond donors (Lipinski definition) is 0. The van der Waals surface area contributed by atoms with Crippen molar-refractivity contribution in [3.05, 3.63) is 48.6 Å². The van der Waals surface area contributed by atoms with Crippen molar-refractivity contribution >= 4 is 0 Å². The number of rotatable bonds is 3. The Kier molecular flexibility index (Phi) is 3.10. The molecule has 0 bridgehead atoms. The van der Waals surface area contributed by atoms with Crippen LogP contribution in [-0.4, -0.2) is 0 Å². The zero-order chi connectivity index (χ0) is 8.81. The van der Waals surface area contributed by atoms with E-state index in [1.54, 1.807) is 6.08 Å². The van der Waals surface area contributed by atoms with Gasteiger partial charge in [-0.15, -0.1) is 6.58 Å². The van der Waals surface area contributed by atoms with E-state index in [0.29, 0.717) is 0 Å². The van der Waals surface area contributed by atoms with E-state index in [-0.39, 0.29) is 5.92 Å². The summed E-state index contributed by atoms with van der Waals surface area (Å²) in [6.45, 7) is 3.62. The standard InChI is InChI=1S/C11H11N/c1-2-6-11(9-12)10-7-4-3-5-8-10/h2-5,7-8,11H,1,6H2. The summed E-state index contributed by atoms with van der Waals surface area (Å²) in [7, 11) is 0. The summed E-state index contributed by atoms with van der Waals surface area (Å²) in [6, 6.07) is 12.0. The first-order valence-corrected chi connectivity index (χ1v) is 3.94. The highest BCUT2D eigenvalue weighted by Gasteiger charge is 2.06. The van der Waals surface area contributed by atoms with Gasteiger partial charge in [-0.3, -0.25) is 0 Å². The fourth-order valence-corrected chi connectivity index (χ4v) is 1.12. The molecule has 0 saturated heterocycles. The Bertz CT molecular complexity index is 282. The Hall–Kier alpha value is -1.55. The topological polar surface area (TPSA) is 23.8 Å². The zero-order valence-electron chi connectivity index (χ0n) is 6.90. The van der Waals surface area contributed by atoms with Crippen molar-refractivity contribution < 1.29 is 0 Å². The maximum absolute atomic E-state index is 8.81. The third-order valence-electron chi connectivity index (χ3n) is 1.76. The lowest BCUT2D eigenvalue weighted by atomic mass is 9.98. The van der Waals surface area contributed by atoms with Crippen LogP contribution in [-0.2, 0) is 0 Å². The van der Waals surface area contributed by atoms with Gasteiger partial charge in [0.05, 0.1) is 12.0 Å². The first kappa shape index (κ1) is 8.55. The fourth-order valence-electron chi connectivity index (χ4n) is 1.12. The Balaban J connectivity index is 2.82. The minimum absolute atomic E-state index is 0.0382. The average Bonchev–Trinajstić information content (AvgIpc) is 2.15. The van der Waals surface area contributed by atoms with Crippen molar-refractivity contribution in [3.8, 4) is 6.07 Å². The Morgan fingerprint density at radius 3 is 2.58 bits per heavy atom. The maximum atomic E-state index is 8.81. The van der Waals surface area contributed by atoms with E-state index in [1.807, 2.05) is 30.3 Å². The molecule has 12 heavy (non-hydrogen) atoms. The van der Waals surface area contributed by atoms with Crippen LogP contribution in [0.25, 0.3) is 0 Å². The third-order valence-corrected chi connectivity index (χ3v) is 1.76. The van der Waals surface area contributed by atoms with Crippen LogP contribution in [0, 0.1) is 11.3 Å². The molecule has 0 aliphatic rings. The lowest BCUT2D eigenvalue weighted by Crippen LogP contribution is -1.92. The zero-order valence-corrected chi connectivity index (χ0v) is 6.90. The third kappa shape index (κ3) is 1.96. The van der Waals surface area contributed by atoms with Gasteiger partial charge in [-0.25, -0.2) is 0 Å². The van der Waals surface area contributed by atoms with E-state index >= 15 is 0 Å². The van der Waals surface area contributed by atoms with Gasteiger partial charge in [0.25, 0.3) is 0 Å². The summed E-state index contributed by atoms with van der Waals surface area (Å²) in [4.78, 5) is 0. The molecule has 0 spiro atoms. The first-order chi connectivity index (χ1) is 5.88. The van der Waals surface area contributed by atoms with E-state index in [0.717, 1.165) is 12.0 Å². The van der Waals surface area contributed by atoms with Gasteiger partial charge in [0.2, 0.25) is 0 Å². The molecule has 0 aromatic heterocycles. The van der Waals surface area contributed by atoms with Crippen LogP contribution in [0.3, 0.4) is 0 Å². The number of allylic oxidation sites excluding steroid dienone is 1. The van der Waals surface area contributed by atoms with Gasteiger partial charge in [-0.1, -0.05) is 36.4 Å². The molecule has 0 aliphatic heterocycles. The summed E-state index contributed by atoms with van der Waals surface area (Å²) in [5.41, 5.74) is 1.07. The van der Waals surface area contributed by atoms with E-state index in [4.69, 9.17) is 5.26 Å². The lowest BCUT2D eigenvalue weighted by molar-refractivity contribution is 0.879. The Morgan fingerprint density at radius 2 is 2.08 bits per heavy atom. The fraction of sp³-hybridized carbons (Fsp3) is 0.182. The molecule has 0 amide bonds. The molecule has 0 fully saturated rings. The molecule has 0 heterocycles. The maximum Gasteiger partial charge on any atom is 0.0747 e. The summed E-state index contributed by atoms with van der Waals surface area (Å²) in [5.74, 6) is -0.0382. The van der Waals surface area contributed by atoms with Crippen molar-refractivity contribution in [2.45, 2.75) is 12.3 Å². The highest BCUT2D eigenvalue weighted by molar-refractivity contribution is 5.25. The molecule has 1 unspecified atom stereocenters. The summed E-state index contributed by atoms with van der Waals surface area (Å²) in [5, 5.41) is 8.81. The van der Waals surface area contributed by atoms with Gasteiger partial charge in [0, 0.05) is 0 Å². The molecular formula is C11H11N. The second-order valence-electron chi connectivity index (χ2n) is 2.62. The lowest BCUT2D eigenvalue weighted by Gasteiger charge is -2.04. The number of hydrogen-bond acceptors (Lipinski definition) is 1. The van der Waals surface area contributed by atoms with Crippen LogP contribution in [0.2, 0.25) is 0 Å². The van der Waals surface area contributed by atoms with Gasteiger partial charge in [-0.2, -0.15) is 5.26 Å². The number of benzene rings is 1. The smallest absolute Gasteiger partial charge is 0.0747 e. The van der Waals surface area contributed by atoms with Gasteiger partial charge in [0.1, 0.15) is 0 Å². The van der Waals surface area contributed by atoms with Crippen LogP contribution in [0.5, 0.6) is 0 Å². The second kappa shape index (κ2) is 4.35. The normalized spacial score (nSPS) is 11.6. The SMILES string of the molecule is C=CCC(C#N)c1ccccc1. The largest absolute Gasteiger partial charge is 0.198 e. The van der Waals surface area contributed by atoms with Gasteiger partial charge in [0.15, 0.2) is 0 Å². The molecule has 1 rings (SSSR count).